The van der Waals surface area contributed by atoms with Crippen molar-refractivity contribution in [3.8, 4) is 11.6 Å². The monoisotopic (exact) mass is 412 g/mol. The quantitative estimate of drug-likeness (QED) is 0.651. The van der Waals surface area contributed by atoms with Crippen molar-refractivity contribution in [2.75, 3.05) is 20.2 Å². The molecule has 6 heteroatoms. The minimum atomic E-state index is -0.0444. The second-order valence-electron chi connectivity index (χ2n) is 6.14. The van der Waals surface area contributed by atoms with Gasteiger partial charge >= 0.3 is 0 Å². The Labute approximate surface area is 159 Å². The Morgan fingerprint density at radius 1 is 1.15 bits per heavy atom. The third-order valence-corrected chi connectivity index (χ3v) is 5.09. The molecule has 1 amide bonds. The molecule has 3 aromatic rings. The number of nitrogens with zero attached hydrogens (tertiary/aromatic N) is 2. The van der Waals surface area contributed by atoms with Crippen molar-refractivity contribution in [3.05, 3.63) is 64.6 Å². The summed E-state index contributed by atoms with van der Waals surface area (Å²) < 4.78 is 11.9. The number of benzene rings is 2. The molecule has 4 rings (SSSR count). The minimum Gasteiger partial charge on any atom is -0.497 e. The number of hydrogen-bond donors (Lipinski definition) is 0. The molecule has 0 atom stereocenters. The lowest BCUT2D eigenvalue weighted by Crippen LogP contribution is -2.56. The molecule has 132 valence electrons. The highest BCUT2D eigenvalue weighted by Gasteiger charge is 2.34. The van der Waals surface area contributed by atoms with E-state index in [1.54, 1.807) is 18.1 Å². The Balaban J connectivity index is 1.41. The summed E-state index contributed by atoms with van der Waals surface area (Å²) in [4.78, 5) is 18.9. The van der Waals surface area contributed by atoms with Gasteiger partial charge in [-0.25, -0.2) is 4.98 Å². The van der Waals surface area contributed by atoms with E-state index in [0.29, 0.717) is 30.3 Å². The standard InChI is InChI=1S/C20H17BrN2O3/c1-25-14-7-8-17(21)16(10-14)20(24)23-11-15(12-23)26-19-9-6-13-4-2-3-5-18(13)22-19/h2-10,15H,11-12H2,1H3. The summed E-state index contributed by atoms with van der Waals surface area (Å²) in [6.07, 6.45) is -0.0444. The van der Waals surface area contributed by atoms with Crippen LogP contribution in [0.15, 0.2) is 59.1 Å². The number of methoxy groups -OCH3 is 1. The number of carbonyl (C=O) groups excluding carboxylic acids is 1. The molecule has 2 aromatic carbocycles. The third-order valence-electron chi connectivity index (χ3n) is 4.40. The van der Waals surface area contributed by atoms with E-state index < -0.39 is 0 Å². The molecule has 0 saturated carbocycles. The van der Waals surface area contributed by atoms with Crippen molar-refractivity contribution >= 4 is 32.7 Å². The van der Waals surface area contributed by atoms with Crippen LogP contribution < -0.4 is 9.47 Å². The van der Waals surface area contributed by atoms with E-state index in [1.165, 1.54) is 0 Å². The second kappa shape index (κ2) is 6.96. The maximum atomic E-state index is 12.7. The molecule has 5 nitrogen and oxygen atoms in total. The molecule has 0 bridgehead atoms. The van der Waals surface area contributed by atoms with Crippen LogP contribution in [0.5, 0.6) is 11.6 Å². The zero-order valence-corrected chi connectivity index (χ0v) is 15.8. The molecule has 0 radical (unpaired) electrons. The van der Waals surface area contributed by atoms with Gasteiger partial charge in [-0.2, -0.15) is 0 Å². The van der Waals surface area contributed by atoms with Gasteiger partial charge in [0.2, 0.25) is 5.88 Å². The molecule has 26 heavy (non-hydrogen) atoms. The van der Waals surface area contributed by atoms with Crippen molar-refractivity contribution in [3.63, 3.8) is 0 Å². The molecule has 0 aliphatic carbocycles. The van der Waals surface area contributed by atoms with Crippen molar-refractivity contribution in [1.82, 2.24) is 9.88 Å². The first-order chi connectivity index (χ1) is 12.6. The molecule has 1 fully saturated rings. The van der Waals surface area contributed by atoms with Crippen LogP contribution in [-0.4, -0.2) is 42.1 Å². The number of amides is 1. The average molecular weight is 413 g/mol. The molecule has 1 saturated heterocycles. The predicted molar refractivity (Wildman–Crippen MR) is 103 cm³/mol. The lowest BCUT2D eigenvalue weighted by atomic mass is 10.1. The molecule has 1 aliphatic rings. The SMILES string of the molecule is COc1ccc(Br)c(C(=O)N2CC(Oc3ccc4ccccc4n3)C2)c1. The first-order valence-corrected chi connectivity index (χ1v) is 9.08. The van der Waals surface area contributed by atoms with Crippen molar-refractivity contribution in [2.24, 2.45) is 0 Å². The fraction of sp³-hybridized carbons (Fsp3) is 0.200. The number of hydrogen-bond acceptors (Lipinski definition) is 4. The van der Waals surface area contributed by atoms with Crippen molar-refractivity contribution < 1.29 is 14.3 Å². The van der Waals surface area contributed by atoms with Crippen LogP contribution in [0.3, 0.4) is 0 Å². The van der Waals surface area contributed by atoms with Gasteiger partial charge in [0.15, 0.2) is 0 Å². The zero-order chi connectivity index (χ0) is 18.1. The molecular weight excluding hydrogens is 396 g/mol. The van der Waals surface area contributed by atoms with Crippen LogP contribution in [0.4, 0.5) is 0 Å². The third kappa shape index (κ3) is 3.24. The van der Waals surface area contributed by atoms with Crippen LogP contribution in [-0.2, 0) is 0 Å². The Morgan fingerprint density at radius 2 is 1.96 bits per heavy atom. The van der Waals surface area contributed by atoms with Gasteiger partial charge in [0.1, 0.15) is 11.9 Å². The van der Waals surface area contributed by atoms with Crippen molar-refractivity contribution in [1.29, 1.82) is 0 Å². The molecule has 1 aliphatic heterocycles. The van der Waals surface area contributed by atoms with Crippen LogP contribution >= 0.6 is 15.9 Å². The van der Waals surface area contributed by atoms with Crippen LogP contribution in [0, 0.1) is 0 Å². The fourth-order valence-corrected chi connectivity index (χ4v) is 3.34. The van der Waals surface area contributed by atoms with E-state index in [-0.39, 0.29) is 12.0 Å². The normalized spacial score (nSPS) is 14.2. The number of para-hydroxylation sites is 1. The highest BCUT2D eigenvalue weighted by molar-refractivity contribution is 9.10. The van der Waals surface area contributed by atoms with Gasteiger partial charge in [0.25, 0.3) is 5.91 Å². The van der Waals surface area contributed by atoms with Gasteiger partial charge in [-0.3, -0.25) is 4.79 Å². The summed E-state index contributed by atoms with van der Waals surface area (Å²) in [5, 5.41) is 1.08. The fourth-order valence-electron chi connectivity index (χ4n) is 2.93. The number of aromatic nitrogens is 1. The molecule has 0 unspecified atom stereocenters. The van der Waals surface area contributed by atoms with E-state index in [1.807, 2.05) is 48.5 Å². The van der Waals surface area contributed by atoms with Crippen LogP contribution in [0.25, 0.3) is 10.9 Å². The number of pyridine rings is 1. The number of likely N-dealkylation sites (tertiary alicyclic amines) is 1. The first-order valence-electron chi connectivity index (χ1n) is 8.29. The Kier molecular flexibility index (Phi) is 4.51. The molecule has 1 aromatic heterocycles. The summed E-state index contributed by atoms with van der Waals surface area (Å²) in [6.45, 7) is 1.08. The van der Waals surface area contributed by atoms with E-state index >= 15 is 0 Å². The van der Waals surface area contributed by atoms with E-state index in [4.69, 9.17) is 9.47 Å². The van der Waals surface area contributed by atoms with E-state index in [0.717, 1.165) is 15.4 Å². The number of ether oxygens (including phenoxy) is 2. The Bertz CT molecular complexity index is 970. The topological polar surface area (TPSA) is 51.7 Å². The van der Waals surface area contributed by atoms with Gasteiger partial charge in [0, 0.05) is 15.9 Å². The number of halogens is 1. The molecular formula is C20H17BrN2O3. The lowest BCUT2D eigenvalue weighted by Gasteiger charge is -2.38. The average Bonchev–Trinajstić information content (AvgIpc) is 2.64. The van der Waals surface area contributed by atoms with Gasteiger partial charge in [-0.1, -0.05) is 18.2 Å². The van der Waals surface area contributed by atoms with E-state index in [2.05, 4.69) is 20.9 Å². The van der Waals surface area contributed by atoms with Gasteiger partial charge in [0.05, 0.1) is 31.3 Å². The molecule has 0 spiro atoms. The van der Waals surface area contributed by atoms with Crippen molar-refractivity contribution in [2.45, 2.75) is 6.10 Å². The van der Waals surface area contributed by atoms with Gasteiger partial charge in [-0.15, -0.1) is 0 Å². The highest BCUT2D eigenvalue weighted by Crippen LogP contribution is 2.26. The molecule has 2 heterocycles. The predicted octanol–water partition coefficient (Wildman–Crippen LogP) is 3.91. The summed E-state index contributed by atoms with van der Waals surface area (Å²) in [5.41, 5.74) is 1.49. The maximum Gasteiger partial charge on any atom is 0.255 e. The highest BCUT2D eigenvalue weighted by atomic mass is 79.9. The van der Waals surface area contributed by atoms with Gasteiger partial charge < -0.3 is 14.4 Å². The number of fused-ring (bicyclic) bond motifs is 1. The Hall–Kier alpha value is -2.60. The van der Waals surface area contributed by atoms with Crippen LogP contribution in [0.2, 0.25) is 0 Å². The lowest BCUT2D eigenvalue weighted by molar-refractivity contribution is 0.0160. The van der Waals surface area contributed by atoms with Crippen LogP contribution in [0.1, 0.15) is 10.4 Å². The first kappa shape index (κ1) is 16.8. The summed E-state index contributed by atoms with van der Waals surface area (Å²) in [7, 11) is 1.58. The summed E-state index contributed by atoms with van der Waals surface area (Å²) in [5.74, 6) is 1.20. The second-order valence-corrected chi connectivity index (χ2v) is 6.99. The molecule has 0 N–H and O–H groups in total. The van der Waals surface area contributed by atoms with Gasteiger partial charge in [-0.05, 0) is 46.3 Å². The Morgan fingerprint density at radius 3 is 2.77 bits per heavy atom. The largest absolute Gasteiger partial charge is 0.497 e. The summed E-state index contributed by atoms with van der Waals surface area (Å²) >= 11 is 3.43. The maximum absolute atomic E-state index is 12.7. The summed E-state index contributed by atoms with van der Waals surface area (Å²) in [6, 6.07) is 17.1. The minimum absolute atomic E-state index is 0.0397. The number of carbonyl (C=O) groups is 1. The zero-order valence-electron chi connectivity index (χ0n) is 14.2. The van der Waals surface area contributed by atoms with E-state index in [9.17, 15) is 4.79 Å². The smallest absolute Gasteiger partial charge is 0.255 e. The number of rotatable bonds is 4.